The summed E-state index contributed by atoms with van der Waals surface area (Å²) in [7, 11) is 0. The third-order valence-corrected chi connectivity index (χ3v) is 2.16. The van der Waals surface area contributed by atoms with Gasteiger partial charge in [0.15, 0.2) is 5.69 Å². The Morgan fingerprint density at radius 1 is 1.13 bits per heavy atom. The van der Waals surface area contributed by atoms with E-state index in [2.05, 4.69) is 10.2 Å². The molecule has 0 spiro atoms. The average molecular weight is 195 g/mol. The van der Waals surface area contributed by atoms with Gasteiger partial charge in [-0.05, 0) is 18.6 Å². The predicted molar refractivity (Wildman–Crippen MR) is 56.9 cm³/mol. The zero-order chi connectivity index (χ0) is 10.7. The molecule has 0 aliphatic carbocycles. The highest BCUT2D eigenvalue weighted by Gasteiger charge is 2.03. The highest BCUT2D eigenvalue weighted by Crippen LogP contribution is 2.17. The minimum Gasteiger partial charge on any atom is -0.191 e. The van der Waals surface area contributed by atoms with Crippen LogP contribution in [0.15, 0.2) is 36.4 Å². The van der Waals surface area contributed by atoms with Gasteiger partial charge in [-0.15, -0.1) is 10.2 Å². The van der Waals surface area contributed by atoms with E-state index in [1.165, 1.54) is 0 Å². The van der Waals surface area contributed by atoms with Crippen molar-refractivity contribution >= 4 is 0 Å². The Bertz CT molecular complexity index is 512. The van der Waals surface area contributed by atoms with Crippen molar-refractivity contribution in [3.05, 3.63) is 47.7 Å². The van der Waals surface area contributed by atoms with Gasteiger partial charge in [-0.25, -0.2) is 0 Å². The number of aromatic nitrogens is 2. The van der Waals surface area contributed by atoms with Gasteiger partial charge in [0, 0.05) is 5.56 Å². The van der Waals surface area contributed by atoms with Crippen LogP contribution in [-0.4, -0.2) is 10.2 Å². The SMILES string of the molecule is Cc1cc(-c2ccccc2)nnc1C#N. The second-order valence-electron chi connectivity index (χ2n) is 3.24. The molecule has 72 valence electrons. The smallest absolute Gasteiger partial charge is 0.166 e. The first-order chi connectivity index (χ1) is 7.31. The van der Waals surface area contributed by atoms with Gasteiger partial charge in [0.05, 0.1) is 5.69 Å². The van der Waals surface area contributed by atoms with E-state index in [0.29, 0.717) is 5.69 Å². The molecule has 0 aliphatic heterocycles. The number of hydrogen-bond acceptors (Lipinski definition) is 3. The molecule has 0 aliphatic rings. The van der Waals surface area contributed by atoms with E-state index in [1.807, 2.05) is 49.4 Å². The monoisotopic (exact) mass is 195 g/mol. The van der Waals surface area contributed by atoms with E-state index >= 15 is 0 Å². The highest BCUT2D eigenvalue weighted by atomic mass is 15.1. The third-order valence-electron chi connectivity index (χ3n) is 2.16. The molecule has 1 aromatic carbocycles. The maximum Gasteiger partial charge on any atom is 0.166 e. The second kappa shape index (κ2) is 3.89. The summed E-state index contributed by atoms with van der Waals surface area (Å²) in [6.07, 6.45) is 0. The summed E-state index contributed by atoms with van der Waals surface area (Å²) in [6.45, 7) is 1.86. The number of aryl methyl sites for hydroxylation is 1. The van der Waals surface area contributed by atoms with E-state index in [-0.39, 0.29) is 0 Å². The van der Waals surface area contributed by atoms with Crippen LogP contribution in [0, 0.1) is 18.3 Å². The van der Waals surface area contributed by atoms with Crippen LogP contribution in [0.5, 0.6) is 0 Å². The van der Waals surface area contributed by atoms with E-state index in [4.69, 9.17) is 5.26 Å². The van der Waals surface area contributed by atoms with Gasteiger partial charge in [0.2, 0.25) is 0 Å². The van der Waals surface area contributed by atoms with Crippen LogP contribution >= 0.6 is 0 Å². The Labute approximate surface area is 88.0 Å². The maximum atomic E-state index is 8.73. The van der Waals surface area contributed by atoms with Crippen LogP contribution in [0.1, 0.15) is 11.3 Å². The topological polar surface area (TPSA) is 49.6 Å². The molecule has 2 aromatic rings. The summed E-state index contributed by atoms with van der Waals surface area (Å²) in [5.41, 5.74) is 3.05. The molecule has 15 heavy (non-hydrogen) atoms. The van der Waals surface area contributed by atoms with Gasteiger partial charge in [0.1, 0.15) is 6.07 Å². The maximum absolute atomic E-state index is 8.73. The van der Waals surface area contributed by atoms with Crippen molar-refractivity contribution < 1.29 is 0 Å². The second-order valence-corrected chi connectivity index (χ2v) is 3.24. The van der Waals surface area contributed by atoms with Gasteiger partial charge in [-0.1, -0.05) is 30.3 Å². The highest BCUT2D eigenvalue weighted by molar-refractivity contribution is 5.59. The minimum atomic E-state index is 0.384. The van der Waals surface area contributed by atoms with E-state index in [1.54, 1.807) is 0 Å². The number of hydrogen-bond donors (Lipinski definition) is 0. The lowest BCUT2D eigenvalue weighted by Crippen LogP contribution is -1.94. The summed E-state index contributed by atoms with van der Waals surface area (Å²) in [4.78, 5) is 0. The van der Waals surface area contributed by atoms with Crippen molar-refractivity contribution in [2.24, 2.45) is 0 Å². The quantitative estimate of drug-likeness (QED) is 0.701. The van der Waals surface area contributed by atoms with Crippen LogP contribution in [0.2, 0.25) is 0 Å². The first-order valence-electron chi connectivity index (χ1n) is 4.61. The Kier molecular flexibility index (Phi) is 2.42. The number of nitriles is 1. The number of rotatable bonds is 1. The van der Waals surface area contributed by atoms with E-state index in [9.17, 15) is 0 Å². The predicted octanol–water partition coefficient (Wildman–Crippen LogP) is 2.32. The summed E-state index contributed by atoms with van der Waals surface area (Å²) < 4.78 is 0. The van der Waals surface area contributed by atoms with Gasteiger partial charge in [-0.3, -0.25) is 0 Å². The average Bonchev–Trinajstić information content (AvgIpc) is 2.30. The molecule has 0 atom stereocenters. The molecular formula is C12H9N3. The van der Waals surface area contributed by atoms with Gasteiger partial charge in [-0.2, -0.15) is 5.26 Å². The Morgan fingerprint density at radius 3 is 2.47 bits per heavy atom. The van der Waals surface area contributed by atoms with Crippen LogP contribution in [0.3, 0.4) is 0 Å². The zero-order valence-electron chi connectivity index (χ0n) is 8.31. The fourth-order valence-corrected chi connectivity index (χ4v) is 1.35. The molecule has 2 rings (SSSR count). The lowest BCUT2D eigenvalue weighted by atomic mass is 10.1. The Hall–Kier alpha value is -2.21. The first kappa shape index (κ1) is 9.35. The molecule has 1 aromatic heterocycles. The van der Waals surface area contributed by atoms with Gasteiger partial charge in [0.25, 0.3) is 0 Å². The van der Waals surface area contributed by atoms with Crippen molar-refractivity contribution in [1.82, 2.24) is 10.2 Å². The summed E-state index contributed by atoms with van der Waals surface area (Å²) in [5.74, 6) is 0. The number of benzene rings is 1. The molecule has 0 N–H and O–H groups in total. The Morgan fingerprint density at radius 2 is 1.87 bits per heavy atom. The molecule has 0 radical (unpaired) electrons. The number of nitrogens with zero attached hydrogens (tertiary/aromatic N) is 3. The summed E-state index contributed by atoms with van der Waals surface area (Å²) in [6, 6.07) is 13.7. The fraction of sp³-hybridized carbons (Fsp3) is 0.0833. The van der Waals surface area contributed by atoms with Crippen molar-refractivity contribution in [2.45, 2.75) is 6.92 Å². The Balaban J connectivity index is 2.49. The summed E-state index contributed by atoms with van der Waals surface area (Å²) >= 11 is 0. The van der Waals surface area contributed by atoms with Crippen LogP contribution in [0.25, 0.3) is 11.3 Å². The normalized spacial score (nSPS) is 9.60. The minimum absolute atomic E-state index is 0.384. The lowest BCUT2D eigenvalue weighted by Gasteiger charge is -2.01. The molecule has 1 heterocycles. The molecule has 0 unspecified atom stereocenters. The van der Waals surface area contributed by atoms with E-state index in [0.717, 1.165) is 16.8 Å². The van der Waals surface area contributed by atoms with Gasteiger partial charge >= 0.3 is 0 Å². The molecule has 0 saturated heterocycles. The van der Waals surface area contributed by atoms with Crippen molar-refractivity contribution in [3.63, 3.8) is 0 Å². The molecule has 0 bridgehead atoms. The van der Waals surface area contributed by atoms with Gasteiger partial charge < -0.3 is 0 Å². The van der Waals surface area contributed by atoms with Crippen LogP contribution in [-0.2, 0) is 0 Å². The lowest BCUT2D eigenvalue weighted by molar-refractivity contribution is 0.998. The van der Waals surface area contributed by atoms with Crippen LogP contribution < -0.4 is 0 Å². The van der Waals surface area contributed by atoms with Crippen molar-refractivity contribution in [1.29, 1.82) is 5.26 Å². The summed E-state index contributed by atoms with van der Waals surface area (Å²) in [5, 5.41) is 16.6. The largest absolute Gasteiger partial charge is 0.191 e. The fourth-order valence-electron chi connectivity index (χ4n) is 1.35. The van der Waals surface area contributed by atoms with E-state index < -0.39 is 0 Å². The zero-order valence-corrected chi connectivity index (χ0v) is 8.31. The standard InChI is InChI=1S/C12H9N3/c1-9-7-11(14-15-12(9)8-13)10-5-3-2-4-6-10/h2-7H,1H3. The molecule has 0 saturated carbocycles. The molecule has 0 fully saturated rings. The van der Waals surface area contributed by atoms with Crippen molar-refractivity contribution in [2.75, 3.05) is 0 Å². The van der Waals surface area contributed by atoms with Crippen molar-refractivity contribution in [3.8, 4) is 17.3 Å². The third kappa shape index (κ3) is 1.84. The first-order valence-corrected chi connectivity index (χ1v) is 4.61. The molecular weight excluding hydrogens is 186 g/mol. The molecule has 0 amide bonds. The molecule has 3 heteroatoms. The van der Waals surface area contributed by atoms with Crippen LogP contribution in [0.4, 0.5) is 0 Å². The molecule has 3 nitrogen and oxygen atoms in total.